The number of hydrogen-bond acceptors (Lipinski definition) is 4. The largest absolute Gasteiger partial charge is 0.392 e. The molecule has 1 saturated carbocycles. The van der Waals surface area contributed by atoms with Crippen LogP contribution < -0.4 is 5.32 Å². The number of carbonyl (C=O) groups is 1. The molecule has 0 bridgehead atoms. The Kier molecular flexibility index (Phi) is 2.92. The number of fused-ring (bicyclic) bond motifs is 1. The topological polar surface area (TPSA) is 67.2 Å². The van der Waals surface area contributed by atoms with E-state index >= 15 is 0 Å². The van der Waals surface area contributed by atoms with Crippen molar-refractivity contribution in [2.75, 3.05) is 0 Å². The second kappa shape index (κ2) is 4.30. The van der Waals surface area contributed by atoms with Gasteiger partial charge in [-0.2, -0.15) is 5.10 Å². The third-order valence-electron chi connectivity index (χ3n) is 4.44. The fourth-order valence-corrected chi connectivity index (χ4v) is 3.72. The molecule has 1 aliphatic rings. The highest BCUT2D eigenvalue weighted by molar-refractivity contribution is 7.20. The summed E-state index contributed by atoms with van der Waals surface area (Å²) in [7, 11) is 1.89. The van der Waals surface area contributed by atoms with Gasteiger partial charge in [-0.15, -0.1) is 11.3 Å². The van der Waals surface area contributed by atoms with E-state index in [1.807, 2.05) is 38.6 Å². The maximum atomic E-state index is 12.3. The van der Waals surface area contributed by atoms with Crippen molar-refractivity contribution < 1.29 is 9.90 Å². The number of thiophene rings is 1. The van der Waals surface area contributed by atoms with Crippen LogP contribution in [0, 0.1) is 12.3 Å². The van der Waals surface area contributed by atoms with Crippen LogP contribution in [-0.2, 0) is 7.05 Å². The Hall–Kier alpha value is -1.40. The summed E-state index contributed by atoms with van der Waals surface area (Å²) in [6, 6.07) is 1.94. The normalized spacial score (nSPS) is 24.6. The van der Waals surface area contributed by atoms with Crippen molar-refractivity contribution in [3.05, 3.63) is 16.6 Å². The molecule has 2 unspecified atom stereocenters. The first-order valence-corrected chi connectivity index (χ1v) is 7.54. The van der Waals surface area contributed by atoms with Gasteiger partial charge >= 0.3 is 0 Å². The summed E-state index contributed by atoms with van der Waals surface area (Å²) in [6.07, 6.45) is 0.297. The Morgan fingerprint density at radius 2 is 2.30 bits per heavy atom. The van der Waals surface area contributed by atoms with E-state index in [1.165, 1.54) is 11.3 Å². The summed E-state index contributed by atoms with van der Waals surface area (Å²) < 4.78 is 1.81. The molecule has 1 amide bonds. The Morgan fingerprint density at radius 3 is 2.85 bits per heavy atom. The van der Waals surface area contributed by atoms with Gasteiger partial charge in [-0.25, -0.2) is 0 Å². The van der Waals surface area contributed by atoms with Crippen LogP contribution in [0.4, 0.5) is 0 Å². The lowest BCUT2D eigenvalue weighted by Crippen LogP contribution is -2.61. The Bertz CT molecular complexity index is 651. The molecule has 0 aliphatic heterocycles. The maximum absolute atomic E-state index is 12.3. The number of aromatic nitrogens is 2. The standard InChI is InChI=1S/C14H19N3O2S/c1-7-8-5-9(20-13(8)17(4)16-7)12(19)15-10-6-11(18)14(10,2)3/h5,10-11,18H,6H2,1-4H3,(H,15,19). The van der Waals surface area contributed by atoms with Gasteiger partial charge in [-0.1, -0.05) is 13.8 Å². The molecular weight excluding hydrogens is 274 g/mol. The molecule has 3 rings (SSSR count). The van der Waals surface area contributed by atoms with Gasteiger partial charge in [0.15, 0.2) is 0 Å². The highest BCUT2D eigenvalue weighted by atomic mass is 32.1. The number of nitrogens with one attached hydrogen (secondary N) is 1. The minimum Gasteiger partial charge on any atom is -0.392 e. The molecule has 2 heterocycles. The molecule has 1 fully saturated rings. The lowest BCUT2D eigenvalue weighted by atomic mass is 9.64. The molecule has 0 spiro atoms. The summed E-state index contributed by atoms with van der Waals surface area (Å²) in [5, 5.41) is 18.1. The average Bonchev–Trinajstić information content (AvgIpc) is 2.92. The molecule has 2 atom stereocenters. The van der Waals surface area contributed by atoms with Gasteiger partial charge in [-0.3, -0.25) is 9.48 Å². The molecule has 2 aromatic rings. The van der Waals surface area contributed by atoms with Crippen LogP contribution >= 0.6 is 11.3 Å². The Balaban J connectivity index is 1.81. The van der Waals surface area contributed by atoms with Crippen LogP contribution in [0.5, 0.6) is 0 Å². The van der Waals surface area contributed by atoms with E-state index in [2.05, 4.69) is 10.4 Å². The maximum Gasteiger partial charge on any atom is 0.261 e. The summed E-state index contributed by atoms with van der Waals surface area (Å²) in [4.78, 5) is 14.0. The van der Waals surface area contributed by atoms with E-state index in [4.69, 9.17) is 0 Å². The minimum atomic E-state index is -0.332. The molecule has 2 N–H and O–H groups in total. The first-order valence-electron chi connectivity index (χ1n) is 6.72. The third-order valence-corrected chi connectivity index (χ3v) is 5.64. The zero-order chi connectivity index (χ0) is 14.7. The van der Waals surface area contributed by atoms with E-state index in [0.717, 1.165) is 15.9 Å². The molecule has 5 nitrogen and oxygen atoms in total. The fraction of sp³-hybridized carbons (Fsp3) is 0.571. The van der Waals surface area contributed by atoms with Gasteiger partial charge in [0.25, 0.3) is 5.91 Å². The van der Waals surface area contributed by atoms with Crippen LogP contribution in [0.3, 0.4) is 0 Å². The van der Waals surface area contributed by atoms with Gasteiger partial charge < -0.3 is 10.4 Å². The van der Waals surface area contributed by atoms with E-state index in [1.54, 1.807) is 0 Å². The highest BCUT2D eigenvalue weighted by Crippen LogP contribution is 2.40. The molecule has 108 valence electrons. The number of aliphatic hydroxyl groups excluding tert-OH is 1. The molecule has 6 heteroatoms. The molecular formula is C14H19N3O2S. The average molecular weight is 293 g/mol. The van der Waals surface area contributed by atoms with E-state index in [9.17, 15) is 9.90 Å². The zero-order valence-corrected chi connectivity index (χ0v) is 12.9. The van der Waals surface area contributed by atoms with Gasteiger partial charge in [0.2, 0.25) is 0 Å². The van der Waals surface area contributed by atoms with Crippen LogP contribution in [0.1, 0.15) is 35.6 Å². The Labute approximate surface area is 121 Å². The van der Waals surface area contributed by atoms with E-state index < -0.39 is 0 Å². The van der Waals surface area contributed by atoms with Gasteiger partial charge in [0, 0.05) is 23.9 Å². The summed E-state index contributed by atoms with van der Waals surface area (Å²) in [6.45, 7) is 5.90. The SMILES string of the molecule is Cc1nn(C)c2sc(C(=O)NC3CC(O)C3(C)C)cc12. The minimum absolute atomic E-state index is 0.0365. The second-order valence-electron chi connectivity index (χ2n) is 6.14. The molecule has 0 aromatic carbocycles. The molecule has 1 aliphatic carbocycles. The van der Waals surface area contributed by atoms with Crippen molar-refractivity contribution >= 4 is 27.5 Å². The first-order chi connectivity index (χ1) is 9.30. The van der Waals surface area contributed by atoms with Crippen molar-refractivity contribution in [2.45, 2.75) is 39.3 Å². The number of rotatable bonds is 2. The summed E-state index contributed by atoms with van der Waals surface area (Å²) in [5.41, 5.74) is 0.696. The van der Waals surface area contributed by atoms with Gasteiger partial charge in [0.05, 0.1) is 16.7 Å². The van der Waals surface area contributed by atoms with Crippen molar-refractivity contribution in [3.63, 3.8) is 0 Å². The Morgan fingerprint density at radius 1 is 1.60 bits per heavy atom. The number of aliphatic hydroxyl groups is 1. The van der Waals surface area contributed by atoms with Crippen molar-refractivity contribution in [3.8, 4) is 0 Å². The number of aryl methyl sites for hydroxylation is 2. The number of carbonyl (C=O) groups excluding carboxylic acids is 1. The first kappa shape index (κ1) is 13.6. The lowest BCUT2D eigenvalue weighted by molar-refractivity contribution is -0.0689. The number of amides is 1. The van der Waals surface area contributed by atoms with Gasteiger partial charge in [0.1, 0.15) is 4.83 Å². The van der Waals surface area contributed by atoms with Crippen LogP contribution in [0.15, 0.2) is 6.07 Å². The predicted octanol–water partition coefficient (Wildman–Crippen LogP) is 1.83. The van der Waals surface area contributed by atoms with E-state index in [0.29, 0.717) is 11.3 Å². The van der Waals surface area contributed by atoms with Gasteiger partial charge in [-0.05, 0) is 19.4 Å². The van der Waals surface area contributed by atoms with Crippen LogP contribution in [0.25, 0.3) is 10.2 Å². The van der Waals surface area contributed by atoms with E-state index in [-0.39, 0.29) is 23.5 Å². The number of hydrogen-bond donors (Lipinski definition) is 2. The van der Waals surface area contributed by atoms with Crippen molar-refractivity contribution in [1.29, 1.82) is 0 Å². The second-order valence-corrected chi connectivity index (χ2v) is 7.17. The summed E-state index contributed by atoms with van der Waals surface area (Å²) >= 11 is 1.46. The summed E-state index contributed by atoms with van der Waals surface area (Å²) in [5.74, 6) is -0.0597. The van der Waals surface area contributed by atoms with Crippen LogP contribution in [-0.4, -0.2) is 32.9 Å². The molecule has 2 aromatic heterocycles. The quantitative estimate of drug-likeness (QED) is 0.887. The zero-order valence-electron chi connectivity index (χ0n) is 12.1. The third kappa shape index (κ3) is 1.86. The highest BCUT2D eigenvalue weighted by Gasteiger charge is 2.48. The van der Waals surface area contributed by atoms with Crippen LogP contribution in [0.2, 0.25) is 0 Å². The van der Waals surface area contributed by atoms with Crippen molar-refractivity contribution in [2.24, 2.45) is 12.5 Å². The smallest absolute Gasteiger partial charge is 0.261 e. The monoisotopic (exact) mass is 293 g/mol. The fourth-order valence-electron chi connectivity index (χ4n) is 2.69. The predicted molar refractivity (Wildman–Crippen MR) is 79.0 cm³/mol. The molecule has 20 heavy (non-hydrogen) atoms. The molecule has 0 saturated heterocycles. The lowest BCUT2D eigenvalue weighted by Gasteiger charge is -2.49. The van der Waals surface area contributed by atoms with Crippen molar-refractivity contribution in [1.82, 2.24) is 15.1 Å². The number of nitrogens with zero attached hydrogens (tertiary/aromatic N) is 2. The molecule has 0 radical (unpaired) electrons.